The van der Waals surface area contributed by atoms with E-state index in [0.29, 0.717) is 13.2 Å². The summed E-state index contributed by atoms with van der Waals surface area (Å²) in [6.45, 7) is 4.03. The smallest absolute Gasteiger partial charge is 0.377 e. The molecule has 2 N–H and O–H groups in total. The SMILES string of the molecule is CCC[Si](OC)(OC)OC(CCCN)OCC1CO1. The molecular weight excluding hydrogens is 266 g/mol. The molecule has 114 valence electrons. The van der Waals surface area contributed by atoms with Gasteiger partial charge in [0.2, 0.25) is 0 Å². The molecule has 1 heterocycles. The zero-order valence-corrected chi connectivity index (χ0v) is 13.2. The lowest BCUT2D eigenvalue weighted by atomic mass is 10.3. The second-order valence-corrected chi connectivity index (χ2v) is 7.53. The predicted octanol–water partition coefficient (Wildman–Crippen LogP) is 1.13. The third kappa shape index (κ3) is 6.31. The van der Waals surface area contributed by atoms with Crippen LogP contribution in [-0.4, -0.2) is 55.2 Å². The van der Waals surface area contributed by atoms with Crippen molar-refractivity contribution in [2.75, 3.05) is 34.0 Å². The van der Waals surface area contributed by atoms with Crippen LogP contribution in [0.3, 0.4) is 0 Å². The summed E-state index contributed by atoms with van der Waals surface area (Å²) in [7, 11) is 0.654. The Morgan fingerprint density at radius 1 is 1.37 bits per heavy atom. The van der Waals surface area contributed by atoms with Gasteiger partial charge in [-0.15, -0.1) is 0 Å². The maximum absolute atomic E-state index is 6.02. The minimum absolute atomic E-state index is 0.219. The van der Waals surface area contributed by atoms with E-state index < -0.39 is 8.80 Å². The summed E-state index contributed by atoms with van der Waals surface area (Å²) in [5.74, 6) is 0. The standard InChI is InChI=1S/C12H27NO5Si/c1-4-8-19(14-2,15-3)18-12(6-5-7-13)17-10-11-9-16-11/h11-12H,4-10,13H2,1-3H3. The molecule has 0 spiro atoms. The van der Waals surface area contributed by atoms with E-state index in [2.05, 4.69) is 6.92 Å². The third-order valence-electron chi connectivity index (χ3n) is 3.00. The Labute approximate surface area is 116 Å². The highest BCUT2D eigenvalue weighted by atomic mass is 28.4. The van der Waals surface area contributed by atoms with Gasteiger partial charge in [-0.25, -0.2) is 0 Å². The molecule has 2 unspecified atom stereocenters. The monoisotopic (exact) mass is 293 g/mol. The van der Waals surface area contributed by atoms with Crippen LogP contribution in [0.5, 0.6) is 0 Å². The Morgan fingerprint density at radius 2 is 2.05 bits per heavy atom. The molecule has 2 atom stereocenters. The van der Waals surface area contributed by atoms with Crippen LogP contribution < -0.4 is 5.73 Å². The largest absolute Gasteiger partial charge is 0.502 e. The molecule has 0 radical (unpaired) electrons. The van der Waals surface area contributed by atoms with E-state index in [4.69, 9.17) is 28.5 Å². The predicted molar refractivity (Wildman–Crippen MR) is 73.7 cm³/mol. The highest BCUT2D eigenvalue weighted by molar-refractivity contribution is 6.60. The van der Waals surface area contributed by atoms with Gasteiger partial charge in [0.1, 0.15) is 6.10 Å². The Bertz CT molecular complexity index is 236. The van der Waals surface area contributed by atoms with Crippen LogP contribution in [-0.2, 0) is 22.8 Å². The summed E-state index contributed by atoms with van der Waals surface area (Å²) >= 11 is 0. The first kappa shape index (κ1) is 17.0. The van der Waals surface area contributed by atoms with Gasteiger partial charge in [0.05, 0.1) is 13.2 Å². The van der Waals surface area contributed by atoms with Crippen LogP contribution in [0.15, 0.2) is 0 Å². The zero-order chi connectivity index (χ0) is 14.1. The van der Waals surface area contributed by atoms with E-state index in [1.165, 1.54) is 0 Å². The van der Waals surface area contributed by atoms with Crippen molar-refractivity contribution in [3.8, 4) is 0 Å². The minimum Gasteiger partial charge on any atom is -0.377 e. The second kappa shape index (κ2) is 9.01. The second-order valence-electron chi connectivity index (χ2n) is 4.61. The molecule has 7 heteroatoms. The van der Waals surface area contributed by atoms with Crippen molar-refractivity contribution < 1.29 is 22.8 Å². The summed E-state index contributed by atoms with van der Waals surface area (Å²) in [6, 6.07) is 0.780. The Balaban J connectivity index is 2.49. The number of nitrogens with two attached hydrogens (primary N) is 1. The fraction of sp³-hybridized carbons (Fsp3) is 1.00. The van der Waals surface area contributed by atoms with Crippen molar-refractivity contribution in [2.45, 2.75) is 44.6 Å². The Kier molecular flexibility index (Phi) is 8.08. The number of hydrogen-bond acceptors (Lipinski definition) is 6. The van der Waals surface area contributed by atoms with Crippen LogP contribution in [0.1, 0.15) is 26.2 Å². The maximum atomic E-state index is 6.02. The lowest BCUT2D eigenvalue weighted by Crippen LogP contribution is -2.47. The van der Waals surface area contributed by atoms with E-state index in [1.54, 1.807) is 14.2 Å². The average Bonchev–Trinajstić information content (AvgIpc) is 3.25. The fourth-order valence-electron chi connectivity index (χ4n) is 1.79. The Morgan fingerprint density at radius 3 is 2.53 bits per heavy atom. The molecule has 0 aliphatic carbocycles. The van der Waals surface area contributed by atoms with Gasteiger partial charge in [0.15, 0.2) is 6.29 Å². The fourth-order valence-corrected chi connectivity index (χ4v) is 3.87. The molecule has 0 amide bonds. The number of hydrogen-bond donors (Lipinski definition) is 1. The van der Waals surface area contributed by atoms with Gasteiger partial charge in [0, 0.05) is 20.3 Å². The highest BCUT2D eigenvalue weighted by Crippen LogP contribution is 2.21. The molecule has 1 saturated heterocycles. The van der Waals surface area contributed by atoms with Crippen LogP contribution in [0, 0.1) is 0 Å². The van der Waals surface area contributed by atoms with Gasteiger partial charge in [-0.05, 0) is 19.4 Å². The van der Waals surface area contributed by atoms with Crippen molar-refractivity contribution in [2.24, 2.45) is 5.73 Å². The molecule has 0 aromatic heterocycles. The first-order chi connectivity index (χ1) is 9.19. The summed E-state index contributed by atoms with van der Waals surface area (Å²) < 4.78 is 27.9. The van der Waals surface area contributed by atoms with E-state index in [0.717, 1.165) is 31.9 Å². The Hall–Kier alpha value is -0.0231. The van der Waals surface area contributed by atoms with Gasteiger partial charge in [0.25, 0.3) is 0 Å². The summed E-state index contributed by atoms with van der Waals surface area (Å²) in [5, 5.41) is 0. The van der Waals surface area contributed by atoms with Crippen LogP contribution in [0.2, 0.25) is 6.04 Å². The van der Waals surface area contributed by atoms with Crippen molar-refractivity contribution >= 4 is 8.80 Å². The first-order valence-electron chi connectivity index (χ1n) is 6.91. The number of rotatable bonds is 12. The van der Waals surface area contributed by atoms with Gasteiger partial charge in [-0.1, -0.05) is 13.3 Å². The van der Waals surface area contributed by atoms with Crippen molar-refractivity contribution in [1.29, 1.82) is 0 Å². The van der Waals surface area contributed by atoms with Crippen molar-refractivity contribution in [1.82, 2.24) is 0 Å². The molecule has 6 nitrogen and oxygen atoms in total. The van der Waals surface area contributed by atoms with E-state index in [9.17, 15) is 0 Å². The van der Waals surface area contributed by atoms with Gasteiger partial charge >= 0.3 is 8.80 Å². The highest BCUT2D eigenvalue weighted by Gasteiger charge is 2.41. The lowest BCUT2D eigenvalue weighted by Gasteiger charge is -2.30. The molecule has 1 aliphatic heterocycles. The van der Waals surface area contributed by atoms with Gasteiger partial charge < -0.3 is 28.5 Å². The van der Waals surface area contributed by atoms with Gasteiger partial charge in [-0.2, -0.15) is 0 Å². The molecule has 1 fully saturated rings. The maximum Gasteiger partial charge on any atom is 0.502 e. The van der Waals surface area contributed by atoms with Gasteiger partial charge in [-0.3, -0.25) is 0 Å². The molecule has 1 rings (SSSR count). The molecule has 0 aromatic carbocycles. The molecular formula is C12H27NO5Si. The number of epoxide rings is 1. The lowest BCUT2D eigenvalue weighted by molar-refractivity contribution is -0.122. The normalized spacial score (nSPS) is 20.5. The summed E-state index contributed by atoms with van der Waals surface area (Å²) in [5.41, 5.74) is 5.55. The molecule has 0 aromatic rings. The molecule has 19 heavy (non-hydrogen) atoms. The molecule has 0 saturated carbocycles. The number of ether oxygens (including phenoxy) is 2. The van der Waals surface area contributed by atoms with E-state index in [-0.39, 0.29) is 12.4 Å². The average molecular weight is 293 g/mol. The van der Waals surface area contributed by atoms with E-state index >= 15 is 0 Å². The quantitative estimate of drug-likeness (QED) is 0.330. The minimum atomic E-state index is -2.61. The topological polar surface area (TPSA) is 75.5 Å². The first-order valence-corrected chi connectivity index (χ1v) is 8.84. The summed E-state index contributed by atoms with van der Waals surface area (Å²) in [6.07, 6.45) is 2.43. The third-order valence-corrected chi connectivity index (χ3v) is 5.98. The van der Waals surface area contributed by atoms with Crippen LogP contribution in [0.25, 0.3) is 0 Å². The molecule has 1 aliphatic rings. The van der Waals surface area contributed by atoms with Crippen molar-refractivity contribution in [3.63, 3.8) is 0 Å². The zero-order valence-electron chi connectivity index (χ0n) is 12.2. The van der Waals surface area contributed by atoms with Crippen molar-refractivity contribution in [3.05, 3.63) is 0 Å². The molecule has 0 bridgehead atoms. The van der Waals surface area contributed by atoms with E-state index in [1.807, 2.05) is 0 Å². The van der Waals surface area contributed by atoms with Crippen LogP contribution in [0.4, 0.5) is 0 Å². The summed E-state index contributed by atoms with van der Waals surface area (Å²) in [4.78, 5) is 0. The van der Waals surface area contributed by atoms with Crippen LogP contribution >= 0.6 is 0 Å².